The second-order valence-corrected chi connectivity index (χ2v) is 6.35. The van der Waals surface area contributed by atoms with Crippen LogP contribution in [0, 0.1) is 17.5 Å². The number of anilines is 1. The topological polar surface area (TPSA) is 49.3 Å². The van der Waals surface area contributed by atoms with Gasteiger partial charge in [0.2, 0.25) is 0 Å². The van der Waals surface area contributed by atoms with Gasteiger partial charge in [0.1, 0.15) is 23.2 Å². The number of rotatable bonds is 3. The van der Waals surface area contributed by atoms with Crippen molar-refractivity contribution in [1.29, 1.82) is 0 Å². The molecule has 0 heterocycles. The smallest absolute Gasteiger partial charge is 0.259 e. The van der Waals surface area contributed by atoms with E-state index in [0.29, 0.717) is 4.47 Å². The lowest BCUT2D eigenvalue weighted by atomic mass is 10.0. The first-order valence-corrected chi connectivity index (χ1v) is 8.19. The highest BCUT2D eigenvalue weighted by molar-refractivity contribution is 9.10. The van der Waals surface area contributed by atoms with Gasteiger partial charge in [-0.15, -0.1) is 0 Å². The Bertz CT molecular complexity index is 1010. The van der Waals surface area contributed by atoms with Crippen molar-refractivity contribution in [3.8, 4) is 16.9 Å². The summed E-state index contributed by atoms with van der Waals surface area (Å²) in [5.74, 6) is -3.32. The van der Waals surface area contributed by atoms with Gasteiger partial charge in [0.15, 0.2) is 0 Å². The number of amides is 1. The summed E-state index contributed by atoms with van der Waals surface area (Å²) >= 11 is 3.11. The van der Waals surface area contributed by atoms with Crippen molar-refractivity contribution in [2.75, 3.05) is 5.32 Å². The summed E-state index contributed by atoms with van der Waals surface area (Å²) in [7, 11) is 0. The van der Waals surface area contributed by atoms with Crippen LogP contribution in [0.5, 0.6) is 5.75 Å². The van der Waals surface area contributed by atoms with E-state index in [9.17, 15) is 23.1 Å². The molecule has 0 aliphatic rings. The molecule has 2 N–H and O–H groups in total. The molecule has 0 bridgehead atoms. The summed E-state index contributed by atoms with van der Waals surface area (Å²) in [6, 6.07) is 11.0. The molecule has 0 atom stereocenters. The Hall–Kier alpha value is -2.80. The third-order valence-electron chi connectivity index (χ3n) is 3.66. The lowest BCUT2D eigenvalue weighted by molar-refractivity contribution is 0.102. The van der Waals surface area contributed by atoms with E-state index in [2.05, 4.69) is 21.2 Å². The van der Waals surface area contributed by atoms with Crippen LogP contribution in [-0.2, 0) is 0 Å². The quantitative estimate of drug-likeness (QED) is 0.587. The van der Waals surface area contributed by atoms with Crippen LogP contribution in [0.15, 0.2) is 59.1 Å². The molecule has 3 aromatic carbocycles. The first-order valence-electron chi connectivity index (χ1n) is 7.40. The third kappa shape index (κ3) is 3.72. The molecule has 0 saturated heterocycles. The van der Waals surface area contributed by atoms with Crippen molar-refractivity contribution in [3.63, 3.8) is 0 Å². The van der Waals surface area contributed by atoms with Crippen molar-refractivity contribution in [3.05, 3.63) is 82.1 Å². The molecular weight excluding hydrogens is 411 g/mol. The van der Waals surface area contributed by atoms with Gasteiger partial charge in [0.25, 0.3) is 5.91 Å². The molecule has 3 nitrogen and oxygen atoms in total. The number of hydrogen-bond donors (Lipinski definition) is 2. The number of carbonyl (C=O) groups excluding carboxylic acids is 1. The number of nitrogens with one attached hydrogen (secondary N) is 1. The van der Waals surface area contributed by atoms with Gasteiger partial charge in [-0.1, -0.05) is 22.0 Å². The number of benzene rings is 3. The summed E-state index contributed by atoms with van der Waals surface area (Å²) in [6.07, 6.45) is 0. The van der Waals surface area contributed by atoms with Gasteiger partial charge in [-0.2, -0.15) is 0 Å². The predicted octanol–water partition coefficient (Wildman–Crippen LogP) is 5.49. The fraction of sp³-hybridized carbons (Fsp3) is 0. The van der Waals surface area contributed by atoms with E-state index < -0.39 is 23.4 Å². The molecule has 0 aliphatic carbocycles. The van der Waals surface area contributed by atoms with E-state index in [1.807, 2.05) is 0 Å². The van der Waals surface area contributed by atoms with Crippen LogP contribution in [0.25, 0.3) is 11.1 Å². The van der Waals surface area contributed by atoms with Crippen LogP contribution in [-0.4, -0.2) is 11.0 Å². The van der Waals surface area contributed by atoms with Gasteiger partial charge in [0.05, 0.1) is 11.3 Å². The Labute approximate surface area is 155 Å². The fourth-order valence-corrected chi connectivity index (χ4v) is 2.72. The second kappa shape index (κ2) is 7.21. The lowest BCUT2D eigenvalue weighted by Crippen LogP contribution is -2.13. The van der Waals surface area contributed by atoms with Crippen LogP contribution in [0.2, 0.25) is 0 Å². The number of carbonyl (C=O) groups is 1. The van der Waals surface area contributed by atoms with Gasteiger partial charge >= 0.3 is 0 Å². The van der Waals surface area contributed by atoms with Crippen molar-refractivity contribution < 1.29 is 23.1 Å². The normalized spacial score (nSPS) is 10.6. The minimum Gasteiger partial charge on any atom is -0.507 e. The Kier molecular flexibility index (Phi) is 4.99. The molecule has 0 saturated carbocycles. The summed E-state index contributed by atoms with van der Waals surface area (Å²) in [6.45, 7) is 0. The summed E-state index contributed by atoms with van der Waals surface area (Å²) < 4.78 is 41.4. The predicted molar refractivity (Wildman–Crippen MR) is 95.5 cm³/mol. The third-order valence-corrected chi connectivity index (χ3v) is 4.16. The van der Waals surface area contributed by atoms with Crippen LogP contribution in [0.4, 0.5) is 18.9 Å². The molecule has 132 valence electrons. The van der Waals surface area contributed by atoms with Crippen molar-refractivity contribution in [2.45, 2.75) is 0 Å². The van der Waals surface area contributed by atoms with E-state index in [-0.39, 0.29) is 28.1 Å². The molecule has 0 unspecified atom stereocenters. The lowest BCUT2D eigenvalue weighted by Gasteiger charge is -2.10. The molecule has 7 heteroatoms. The Balaban J connectivity index is 1.95. The minimum absolute atomic E-state index is 0.0651. The Morgan fingerprint density at radius 3 is 2.38 bits per heavy atom. The van der Waals surface area contributed by atoms with Crippen LogP contribution in [0.1, 0.15) is 10.4 Å². The molecule has 3 rings (SSSR count). The zero-order valence-electron chi connectivity index (χ0n) is 13.1. The first kappa shape index (κ1) is 18.0. The van der Waals surface area contributed by atoms with Gasteiger partial charge < -0.3 is 10.4 Å². The number of halogens is 4. The molecule has 1 amide bonds. The van der Waals surface area contributed by atoms with Gasteiger partial charge in [0, 0.05) is 16.1 Å². The van der Waals surface area contributed by atoms with Crippen LogP contribution < -0.4 is 5.32 Å². The average molecular weight is 422 g/mol. The van der Waals surface area contributed by atoms with Gasteiger partial charge in [-0.05, 0) is 48.0 Å². The molecule has 26 heavy (non-hydrogen) atoms. The van der Waals surface area contributed by atoms with E-state index in [1.165, 1.54) is 36.4 Å². The van der Waals surface area contributed by atoms with Crippen molar-refractivity contribution in [1.82, 2.24) is 0 Å². The number of aromatic hydroxyl groups is 1. The number of phenolic OH excluding ortho intramolecular Hbond substituents is 1. The molecule has 3 aromatic rings. The molecule has 0 aliphatic heterocycles. The monoisotopic (exact) mass is 421 g/mol. The minimum atomic E-state index is -0.805. The maximum absolute atomic E-state index is 14.0. The van der Waals surface area contributed by atoms with Crippen LogP contribution in [0.3, 0.4) is 0 Å². The van der Waals surface area contributed by atoms with Crippen molar-refractivity contribution >= 4 is 27.5 Å². The molecule has 0 aromatic heterocycles. The fourth-order valence-electron chi connectivity index (χ4n) is 2.39. The van der Waals surface area contributed by atoms with Crippen LogP contribution >= 0.6 is 15.9 Å². The molecule has 0 spiro atoms. The maximum Gasteiger partial charge on any atom is 0.259 e. The number of hydrogen-bond acceptors (Lipinski definition) is 2. The van der Waals surface area contributed by atoms with E-state index in [1.54, 1.807) is 6.07 Å². The first-order chi connectivity index (χ1) is 12.3. The number of phenols is 1. The standard InChI is InChI=1S/C19H11BrF3NO2/c20-11-2-5-17(16(23)8-11)24-19(26)14-7-10(1-6-18(14)25)13-4-3-12(21)9-15(13)22/h1-9,25H,(H,24,26). The van der Waals surface area contributed by atoms with Gasteiger partial charge in [-0.25, -0.2) is 13.2 Å². The highest BCUT2D eigenvalue weighted by Crippen LogP contribution is 2.29. The van der Waals surface area contributed by atoms with E-state index in [4.69, 9.17) is 0 Å². The SMILES string of the molecule is O=C(Nc1ccc(Br)cc1F)c1cc(-c2ccc(F)cc2F)ccc1O. The second-order valence-electron chi connectivity index (χ2n) is 5.43. The molecule has 0 radical (unpaired) electrons. The zero-order chi connectivity index (χ0) is 18.8. The summed E-state index contributed by atoms with van der Waals surface area (Å²) in [5.41, 5.74) is 0.0847. The molecular formula is C19H11BrF3NO2. The summed E-state index contributed by atoms with van der Waals surface area (Å²) in [4.78, 5) is 12.4. The zero-order valence-corrected chi connectivity index (χ0v) is 14.6. The van der Waals surface area contributed by atoms with E-state index in [0.717, 1.165) is 12.1 Å². The highest BCUT2D eigenvalue weighted by atomic mass is 79.9. The molecule has 0 fully saturated rings. The average Bonchev–Trinajstić information content (AvgIpc) is 2.58. The maximum atomic E-state index is 14.0. The Morgan fingerprint density at radius 1 is 0.923 bits per heavy atom. The van der Waals surface area contributed by atoms with Gasteiger partial charge in [-0.3, -0.25) is 4.79 Å². The largest absolute Gasteiger partial charge is 0.507 e. The Morgan fingerprint density at radius 2 is 1.69 bits per heavy atom. The highest BCUT2D eigenvalue weighted by Gasteiger charge is 2.16. The van der Waals surface area contributed by atoms with Crippen molar-refractivity contribution in [2.24, 2.45) is 0 Å². The van der Waals surface area contributed by atoms with E-state index >= 15 is 0 Å². The summed E-state index contributed by atoms with van der Waals surface area (Å²) in [5, 5.41) is 12.3.